The Kier molecular flexibility index (Phi) is 3.52. The Labute approximate surface area is 102 Å². The van der Waals surface area contributed by atoms with E-state index in [-0.39, 0.29) is 11.9 Å². The SMILES string of the molecule is CNC(=O)C1CCCCN1c1ccccc1N. The number of nitrogens with one attached hydrogen (secondary N) is 1. The van der Waals surface area contributed by atoms with Gasteiger partial charge in [-0.05, 0) is 31.4 Å². The molecule has 2 rings (SSSR count). The molecule has 0 radical (unpaired) electrons. The molecule has 1 aliphatic heterocycles. The topological polar surface area (TPSA) is 58.4 Å². The first-order valence-corrected chi connectivity index (χ1v) is 6.07. The average Bonchev–Trinajstić information content (AvgIpc) is 2.38. The Balaban J connectivity index is 2.28. The second kappa shape index (κ2) is 5.08. The zero-order valence-corrected chi connectivity index (χ0v) is 10.1. The minimum absolute atomic E-state index is 0.0768. The van der Waals surface area contributed by atoms with E-state index in [4.69, 9.17) is 5.73 Å². The second-order valence-corrected chi connectivity index (χ2v) is 4.38. The first-order valence-electron chi connectivity index (χ1n) is 6.07. The molecule has 92 valence electrons. The van der Waals surface area contributed by atoms with Crippen LogP contribution in [-0.4, -0.2) is 25.5 Å². The lowest BCUT2D eigenvalue weighted by molar-refractivity contribution is -0.122. The first kappa shape index (κ1) is 11.8. The van der Waals surface area contributed by atoms with Crippen molar-refractivity contribution in [3.63, 3.8) is 0 Å². The first-order chi connectivity index (χ1) is 8.24. The van der Waals surface area contributed by atoms with E-state index in [1.165, 1.54) is 0 Å². The van der Waals surface area contributed by atoms with E-state index in [0.29, 0.717) is 0 Å². The zero-order valence-electron chi connectivity index (χ0n) is 10.1. The lowest BCUT2D eigenvalue weighted by Crippen LogP contribution is -2.49. The van der Waals surface area contributed by atoms with E-state index in [0.717, 1.165) is 37.2 Å². The summed E-state index contributed by atoms with van der Waals surface area (Å²) in [7, 11) is 1.68. The van der Waals surface area contributed by atoms with Crippen molar-refractivity contribution >= 4 is 17.3 Å². The summed E-state index contributed by atoms with van der Waals surface area (Å²) in [6.07, 6.45) is 3.11. The molecular weight excluding hydrogens is 214 g/mol. The maximum Gasteiger partial charge on any atom is 0.242 e. The number of nitrogen functional groups attached to an aromatic ring is 1. The number of hydrogen-bond acceptors (Lipinski definition) is 3. The highest BCUT2D eigenvalue weighted by Crippen LogP contribution is 2.29. The van der Waals surface area contributed by atoms with Crippen molar-refractivity contribution in [1.29, 1.82) is 0 Å². The number of nitrogens with zero attached hydrogens (tertiary/aromatic N) is 1. The highest BCUT2D eigenvalue weighted by Gasteiger charge is 2.28. The summed E-state index contributed by atoms with van der Waals surface area (Å²) in [5.74, 6) is 0.0768. The highest BCUT2D eigenvalue weighted by molar-refractivity contribution is 5.86. The number of carbonyl (C=O) groups is 1. The fourth-order valence-electron chi connectivity index (χ4n) is 2.41. The number of nitrogens with two attached hydrogens (primary N) is 1. The van der Waals surface area contributed by atoms with Crippen molar-refractivity contribution in [2.24, 2.45) is 0 Å². The van der Waals surface area contributed by atoms with Crippen LogP contribution in [0.25, 0.3) is 0 Å². The molecule has 0 aliphatic carbocycles. The average molecular weight is 233 g/mol. The van der Waals surface area contributed by atoms with Crippen LogP contribution in [0.5, 0.6) is 0 Å². The highest BCUT2D eigenvalue weighted by atomic mass is 16.2. The Morgan fingerprint density at radius 2 is 2.18 bits per heavy atom. The number of para-hydroxylation sites is 2. The van der Waals surface area contributed by atoms with Gasteiger partial charge in [0.1, 0.15) is 6.04 Å². The molecule has 1 fully saturated rings. The smallest absolute Gasteiger partial charge is 0.242 e. The molecule has 0 spiro atoms. The molecule has 1 aromatic rings. The number of hydrogen-bond donors (Lipinski definition) is 2. The van der Waals surface area contributed by atoms with Gasteiger partial charge in [-0.15, -0.1) is 0 Å². The second-order valence-electron chi connectivity index (χ2n) is 4.38. The normalized spacial score (nSPS) is 20.1. The van der Waals surface area contributed by atoms with Crippen LogP contribution < -0.4 is 16.0 Å². The Morgan fingerprint density at radius 3 is 2.88 bits per heavy atom. The number of piperidine rings is 1. The molecule has 1 amide bonds. The summed E-state index contributed by atoms with van der Waals surface area (Å²) < 4.78 is 0. The van der Waals surface area contributed by atoms with Crippen LogP contribution in [-0.2, 0) is 4.79 Å². The van der Waals surface area contributed by atoms with Crippen LogP contribution in [0.3, 0.4) is 0 Å². The molecule has 4 heteroatoms. The van der Waals surface area contributed by atoms with Crippen LogP contribution in [0.15, 0.2) is 24.3 Å². The summed E-state index contributed by atoms with van der Waals surface area (Å²) in [5.41, 5.74) is 7.69. The lowest BCUT2D eigenvalue weighted by Gasteiger charge is -2.36. The van der Waals surface area contributed by atoms with E-state index in [1.54, 1.807) is 7.05 Å². The number of likely N-dealkylation sites (N-methyl/N-ethyl adjacent to an activating group) is 1. The minimum atomic E-state index is -0.0848. The maximum atomic E-state index is 11.9. The summed E-state index contributed by atoms with van der Waals surface area (Å²) in [5, 5.41) is 2.73. The maximum absolute atomic E-state index is 11.9. The third-order valence-electron chi connectivity index (χ3n) is 3.30. The van der Waals surface area contributed by atoms with Gasteiger partial charge in [-0.3, -0.25) is 4.79 Å². The van der Waals surface area contributed by atoms with Crippen LogP contribution in [0.4, 0.5) is 11.4 Å². The molecule has 1 unspecified atom stereocenters. The van der Waals surface area contributed by atoms with Crippen molar-refractivity contribution in [3.8, 4) is 0 Å². The van der Waals surface area contributed by atoms with Crippen LogP contribution in [0.1, 0.15) is 19.3 Å². The van der Waals surface area contributed by atoms with Crippen molar-refractivity contribution in [2.45, 2.75) is 25.3 Å². The van der Waals surface area contributed by atoms with Gasteiger partial charge >= 0.3 is 0 Å². The van der Waals surface area contributed by atoms with Crippen molar-refractivity contribution < 1.29 is 4.79 Å². The fourth-order valence-corrected chi connectivity index (χ4v) is 2.41. The molecule has 1 atom stereocenters. The summed E-state index contributed by atoms with van der Waals surface area (Å²) >= 11 is 0. The molecule has 0 bridgehead atoms. The lowest BCUT2D eigenvalue weighted by atomic mass is 10.00. The van der Waals surface area contributed by atoms with Gasteiger partial charge < -0.3 is 16.0 Å². The predicted molar refractivity (Wildman–Crippen MR) is 69.9 cm³/mol. The number of anilines is 2. The molecule has 0 saturated carbocycles. The molecular formula is C13H19N3O. The Morgan fingerprint density at radius 1 is 1.41 bits per heavy atom. The van der Waals surface area contributed by atoms with Gasteiger partial charge in [-0.2, -0.15) is 0 Å². The van der Waals surface area contributed by atoms with Gasteiger partial charge in [0, 0.05) is 13.6 Å². The molecule has 0 aromatic heterocycles. The van der Waals surface area contributed by atoms with Crippen molar-refractivity contribution in [2.75, 3.05) is 24.2 Å². The Bertz CT molecular complexity index is 405. The van der Waals surface area contributed by atoms with Crippen LogP contribution in [0, 0.1) is 0 Å². The molecule has 4 nitrogen and oxygen atoms in total. The van der Waals surface area contributed by atoms with Crippen molar-refractivity contribution in [1.82, 2.24) is 5.32 Å². The number of amides is 1. The third-order valence-corrected chi connectivity index (χ3v) is 3.30. The number of carbonyl (C=O) groups excluding carboxylic acids is 1. The van der Waals surface area contributed by atoms with Crippen LogP contribution in [0.2, 0.25) is 0 Å². The van der Waals surface area contributed by atoms with Gasteiger partial charge in [-0.1, -0.05) is 12.1 Å². The van der Waals surface area contributed by atoms with Crippen LogP contribution >= 0.6 is 0 Å². The molecule has 3 N–H and O–H groups in total. The molecule has 1 heterocycles. The van der Waals surface area contributed by atoms with Gasteiger partial charge in [0.25, 0.3) is 0 Å². The molecule has 17 heavy (non-hydrogen) atoms. The standard InChI is InChI=1S/C13H19N3O/c1-15-13(17)12-8-4-5-9-16(12)11-7-3-2-6-10(11)14/h2-3,6-7,12H,4-5,8-9,14H2,1H3,(H,15,17). The zero-order chi connectivity index (χ0) is 12.3. The van der Waals surface area contributed by atoms with E-state index in [1.807, 2.05) is 24.3 Å². The molecule has 1 aliphatic rings. The Hall–Kier alpha value is -1.71. The van der Waals surface area contributed by atoms with E-state index < -0.39 is 0 Å². The van der Waals surface area contributed by atoms with E-state index >= 15 is 0 Å². The van der Waals surface area contributed by atoms with Gasteiger partial charge in [0.15, 0.2) is 0 Å². The van der Waals surface area contributed by atoms with Crippen molar-refractivity contribution in [3.05, 3.63) is 24.3 Å². The van der Waals surface area contributed by atoms with Gasteiger partial charge in [-0.25, -0.2) is 0 Å². The third kappa shape index (κ3) is 2.35. The quantitative estimate of drug-likeness (QED) is 0.759. The van der Waals surface area contributed by atoms with Gasteiger partial charge in [0.2, 0.25) is 5.91 Å². The summed E-state index contributed by atoms with van der Waals surface area (Å²) in [4.78, 5) is 14.0. The molecule has 1 saturated heterocycles. The van der Waals surface area contributed by atoms with E-state index in [9.17, 15) is 4.79 Å². The number of rotatable bonds is 2. The largest absolute Gasteiger partial charge is 0.397 e. The monoisotopic (exact) mass is 233 g/mol. The predicted octanol–water partition coefficient (Wildman–Crippen LogP) is 1.37. The fraction of sp³-hybridized carbons (Fsp3) is 0.462. The summed E-state index contributed by atoms with van der Waals surface area (Å²) in [6.45, 7) is 0.895. The molecule has 1 aromatic carbocycles. The number of benzene rings is 1. The minimum Gasteiger partial charge on any atom is -0.397 e. The van der Waals surface area contributed by atoms with E-state index in [2.05, 4.69) is 10.2 Å². The van der Waals surface area contributed by atoms with Gasteiger partial charge in [0.05, 0.1) is 11.4 Å². The summed E-state index contributed by atoms with van der Waals surface area (Å²) in [6, 6.07) is 7.65.